The standard InChI is InChI=1S/C23H21F2NO4/c24-23(25)14-9-10-22(23,20(27)28)13-26(11-14)21(29)30-12-19-17-7-3-1-5-15(17)16-6-2-4-8-18(16)19/h1-8,14,19H,9-13H2,(H,27,28). The van der Waals surface area contributed by atoms with Gasteiger partial charge in [0.15, 0.2) is 0 Å². The summed E-state index contributed by atoms with van der Waals surface area (Å²) in [6.07, 6.45) is -0.774. The Balaban J connectivity index is 1.35. The Labute approximate surface area is 172 Å². The van der Waals surface area contributed by atoms with E-state index in [2.05, 4.69) is 0 Å². The fourth-order valence-electron chi connectivity index (χ4n) is 5.35. The van der Waals surface area contributed by atoms with E-state index >= 15 is 0 Å². The van der Waals surface area contributed by atoms with E-state index in [9.17, 15) is 23.5 Å². The molecule has 1 heterocycles. The summed E-state index contributed by atoms with van der Waals surface area (Å²) in [6, 6.07) is 15.8. The number of piperidine rings is 1. The first-order chi connectivity index (χ1) is 14.3. The third-order valence-electron chi connectivity index (χ3n) is 6.98. The van der Waals surface area contributed by atoms with Crippen molar-refractivity contribution in [2.45, 2.75) is 24.7 Å². The van der Waals surface area contributed by atoms with Gasteiger partial charge in [-0.2, -0.15) is 0 Å². The SMILES string of the molecule is O=C(OCC1c2ccccc2-c2ccccc21)N1CC2CCC(C(=O)O)(C1)C2(F)F. The van der Waals surface area contributed by atoms with Crippen molar-refractivity contribution in [1.82, 2.24) is 4.90 Å². The van der Waals surface area contributed by atoms with Crippen LogP contribution < -0.4 is 0 Å². The van der Waals surface area contributed by atoms with Crippen LogP contribution in [0.4, 0.5) is 13.6 Å². The van der Waals surface area contributed by atoms with E-state index < -0.39 is 35.9 Å². The number of carboxylic acids is 1. The van der Waals surface area contributed by atoms with Crippen molar-refractivity contribution in [3.63, 3.8) is 0 Å². The number of alkyl halides is 2. The molecule has 5 rings (SSSR count). The van der Waals surface area contributed by atoms with E-state index in [-0.39, 0.29) is 31.9 Å². The molecule has 2 aromatic rings. The molecule has 1 saturated carbocycles. The molecule has 3 aliphatic rings. The zero-order valence-corrected chi connectivity index (χ0v) is 16.2. The lowest BCUT2D eigenvalue weighted by Crippen LogP contribution is -2.60. The zero-order valence-electron chi connectivity index (χ0n) is 16.2. The van der Waals surface area contributed by atoms with Gasteiger partial charge in [0.25, 0.3) is 5.92 Å². The van der Waals surface area contributed by atoms with Crippen molar-refractivity contribution in [3.8, 4) is 11.1 Å². The third-order valence-corrected chi connectivity index (χ3v) is 6.98. The highest BCUT2D eigenvalue weighted by Crippen LogP contribution is 2.57. The summed E-state index contributed by atoms with van der Waals surface area (Å²) in [5.74, 6) is -6.16. The van der Waals surface area contributed by atoms with Gasteiger partial charge in [-0.3, -0.25) is 4.79 Å². The summed E-state index contributed by atoms with van der Waals surface area (Å²) in [6.45, 7) is -0.633. The van der Waals surface area contributed by atoms with E-state index in [1.54, 1.807) is 0 Å². The number of hydrogen-bond donors (Lipinski definition) is 1. The van der Waals surface area contributed by atoms with Crippen LogP contribution in [-0.2, 0) is 9.53 Å². The molecule has 2 unspecified atom stereocenters. The van der Waals surface area contributed by atoms with Crippen LogP contribution in [0.15, 0.2) is 48.5 Å². The molecule has 5 nitrogen and oxygen atoms in total. The molecule has 2 bridgehead atoms. The highest BCUT2D eigenvalue weighted by atomic mass is 19.3. The molecular formula is C23H21F2NO4. The topological polar surface area (TPSA) is 66.8 Å². The van der Waals surface area contributed by atoms with Crippen LogP contribution in [0.5, 0.6) is 0 Å². The monoisotopic (exact) mass is 413 g/mol. The number of likely N-dealkylation sites (tertiary alicyclic amines) is 1. The van der Waals surface area contributed by atoms with Gasteiger partial charge in [-0.1, -0.05) is 48.5 Å². The third kappa shape index (κ3) is 2.50. The highest BCUT2D eigenvalue weighted by Gasteiger charge is 2.70. The molecule has 1 aliphatic heterocycles. The number of hydrogen-bond acceptors (Lipinski definition) is 3. The van der Waals surface area contributed by atoms with Crippen LogP contribution in [0.1, 0.15) is 29.9 Å². The number of aliphatic carboxylic acids is 1. The van der Waals surface area contributed by atoms with E-state index in [1.165, 1.54) is 0 Å². The number of benzene rings is 2. The normalized spacial score (nSPS) is 26.2. The number of amides is 1. The number of halogens is 2. The summed E-state index contributed by atoms with van der Waals surface area (Å²) >= 11 is 0. The second kappa shape index (κ2) is 6.52. The van der Waals surface area contributed by atoms with Gasteiger partial charge in [-0.05, 0) is 35.1 Å². The Morgan fingerprint density at radius 1 is 1.07 bits per heavy atom. The lowest BCUT2D eigenvalue weighted by Gasteiger charge is -2.42. The van der Waals surface area contributed by atoms with Crippen LogP contribution in [0.3, 0.4) is 0 Å². The number of carbonyl (C=O) groups excluding carboxylic acids is 1. The van der Waals surface area contributed by atoms with Crippen molar-refractivity contribution >= 4 is 12.1 Å². The van der Waals surface area contributed by atoms with Crippen molar-refractivity contribution < 1.29 is 28.2 Å². The van der Waals surface area contributed by atoms with Gasteiger partial charge in [-0.25, -0.2) is 13.6 Å². The summed E-state index contributed by atoms with van der Waals surface area (Å²) in [5, 5.41) is 9.51. The molecule has 7 heteroatoms. The zero-order chi connectivity index (χ0) is 21.1. The maximum Gasteiger partial charge on any atom is 0.409 e. The van der Waals surface area contributed by atoms with Crippen molar-refractivity contribution in [3.05, 3.63) is 59.7 Å². The quantitative estimate of drug-likeness (QED) is 0.812. The minimum absolute atomic E-state index is 0.0739. The van der Waals surface area contributed by atoms with E-state index in [0.717, 1.165) is 27.2 Å². The Morgan fingerprint density at radius 2 is 1.67 bits per heavy atom. The molecule has 1 amide bonds. The maximum absolute atomic E-state index is 14.6. The molecule has 1 N–H and O–H groups in total. The molecule has 0 aromatic heterocycles. The summed E-state index contributed by atoms with van der Waals surface area (Å²) in [5.41, 5.74) is 2.07. The molecule has 2 aromatic carbocycles. The van der Waals surface area contributed by atoms with E-state index in [0.29, 0.717) is 0 Å². The first kappa shape index (κ1) is 19.0. The summed E-state index contributed by atoms with van der Waals surface area (Å²) < 4.78 is 34.7. The predicted molar refractivity (Wildman–Crippen MR) is 104 cm³/mol. The average Bonchev–Trinajstić information content (AvgIpc) is 3.06. The first-order valence-corrected chi connectivity index (χ1v) is 10.1. The minimum Gasteiger partial charge on any atom is -0.481 e. The largest absolute Gasteiger partial charge is 0.481 e. The Morgan fingerprint density at radius 3 is 2.27 bits per heavy atom. The molecule has 156 valence electrons. The number of rotatable bonds is 3. The lowest BCUT2D eigenvalue weighted by molar-refractivity contribution is -0.194. The van der Waals surface area contributed by atoms with Crippen molar-refractivity contribution in [2.24, 2.45) is 11.3 Å². The van der Waals surface area contributed by atoms with Gasteiger partial charge in [0.1, 0.15) is 12.0 Å². The summed E-state index contributed by atoms with van der Waals surface area (Å²) in [7, 11) is 0. The second-order valence-corrected chi connectivity index (χ2v) is 8.43. The fourth-order valence-corrected chi connectivity index (χ4v) is 5.35. The van der Waals surface area contributed by atoms with Crippen LogP contribution in [0, 0.1) is 11.3 Å². The molecule has 1 saturated heterocycles. The van der Waals surface area contributed by atoms with E-state index in [4.69, 9.17) is 4.74 Å². The number of carbonyl (C=O) groups is 2. The lowest BCUT2D eigenvalue weighted by atomic mass is 9.78. The Kier molecular flexibility index (Phi) is 4.14. The van der Waals surface area contributed by atoms with Crippen LogP contribution in [0.25, 0.3) is 11.1 Å². The molecule has 0 spiro atoms. The second-order valence-electron chi connectivity index (χ2n) is 8.43. The smallest absolute Gasteiger partial charge is 0.409 e. The van der Waals surface area contributed by atoms with Gasteiger partial charge in [0.05, 0.1) is 0 Å². The molecule has 0 radical (unpaired) electrons. The number of ether oxygens (including phenoxy) is 1. The molecule has 2 fully saturated rings. The molecule has 2 aliphatic carbocycles. The van der Waals surface area contributed by atoms with Gasteiger partial charge >= 0.3 is 12.1 Å². The van der Waals surface area contributed by atoms with Gasteiger partial charge in [-0.15, -0.1) is 0 Å². The van der Waals surface area contributed by atoms with Crippen LogP contribution in [-0.4, -0.2) is 47.7 Å². The van der Waals surface area contributed by atoms with Gasteiger partial charge in [0.2, 0.25) is 0 Å². The number of nitrogens with zero attached hydrogens (tertiary/aromatic N) is 1. The minimum atomic E-state index is -3.32. The average molecular weight is 413 g/mol. The van der Waals surface area contributed by atoms with Gasteiger partial charge in [0, 0.05) is 24.9 Å². The maximum atomic E-state index is 14.6. The fraction of sp³-hybridized carbons (Fsp3) is 0.391. The number of fused-ring (bicyclic) bond motifs is 5. The predicted octanol–water partition coefficient (Wildman–Crippen LogP) is 4.37. The van der Waals surface area contributed by atoms with Gasteiger partial charge < -0.3 is 14.7 Å². The molecule has 30 heavy (non-hydrogen) atoms. The van der Waals surface area contributed by atoms with E-state index in [1.807, 2.05) is 48.5 Å². The highest BCUT2D eigenvalue weighted by molar-refractivity contribution is 5.80. The van der Waals surface area contributed by atoms with Crippen LogP contribution in [0.2, 0.25) is 0 Å². The van der Waals surface area contributed by atoms with Crippen molar-refractivity contribution in [1.29, 1.82) is 0 Å². The molecule has 2 atom stereocenters. The Bertz CT molecular complexity index is 994. The molecular weight excluding hydrogens is 392 g/mol. The van der Waals surface area contributed by atoms with Crippen LogP contribution >= 0.6 is 0 Å². The summed E-state index contributed by atoms with van der Waals surface area (Å²) in [4.78, 5) is 25.6. The number of carboxylic acid groups (broad SMARTS) is 1. The first-order valence-electron chi connectivity index (χ1n) is 10.1. The van der Waals surface area contributed by atoms with Crippen molar-refractivity contribution in [2.75, 3.05) is 19.7 Å². The Hall–Kier alpha value is -2.96.